The second-order valence-electron chi connectivity index (χ2n) is 6.57. The lowest BCUT2D eigenvalue weighted by Crippen LogP contribution is -2.44. The van der Waals surface area contributed by atoms with Crippen molar-refractivity contribution in [2.75, 3.05) is 18.1 Å². The highest BCUT2D eigenvalue weighted by Gasteiger charge is 2.36. The fourth-order valence-electron chi connectivity index (χ4n) is 3.49. The predicted molar refractivity (Wildman–Crippen MR) is 96.0 cm³/mol. The molecule has 2 atom stereocenters. The Labute approximate surface area is 152 Å². The van der Waals surface area contributed by atoms with Crippen molar-refractivity contribution in [2.24, 2.45) is 0 Å². The monoisotopic (exact) mass is 379 g/mol. The van der Waals surface area contributed by atoms with Gasteiger partial charge < -0.3 is 9.32 Å². The van der Waals surface area contributed by atoms with Crippen molar-refractivity contribution >= 4 is 15.7 Å². The molecule has 1 aromatic heterocycles. The molecular formula is C19H22FNO4S. The van der Waals surface area contributed by atoms with Crippen LogP contribution in [0.1, 0.15) is 30.6 Å². The van der Waals surface area contributed by atoms with Crippen molar-refractivity contribution in [2.45, 2.75) is 31.7 Å². The van der Waals surface area contributed by atoms with Gasteiger partial charge in [-0.3, -0.25) is 4.79 Å². The van der Waals surface area contributed by atoms with Gasteiger partial charge in [0.05, 0.1) is 23.7 Å². The Hall–Kier alpha value is -2.15. The normalized spacial score (nSPS) is 20.0. The van der Waals surface area contributed by atoms with E-state index in [1.54, 1.807) is 35.4 Å². The highest BCUT2D eigenvalue weighted by molar-refractivity contribution is 7.91. The summed E-state index contributed by atoms with van der Waals surface area (Å²) in [6.45, 7) is 2.27. The van der Waals surface area contributed by atoms with Gasteiger partial charge in [0.1, 0.15) is 11.6 Å². The van der Waals surface area contributed by atoms with E-state index in [1.807, 2.05) is 6.92 Å². The second-order valence-corrected chi connectivity index (χ2v) is 8.80. The number of carbonyl (C=O) groups is 1. The van der Waals surface area contributed by atoms with Crippen LogP contribution in [0.3, 0.4) is 0 Å². The molecule has 0 spiro atoms. The molecule has 2 unspecified atom stereocenters. The average Bonchev–Trinajstić information content (AvgIpc) is 3.24. The van der Waals surface area contributed by atoms with Crippen molar-refractivity contribution in [1.29, 1.82) is 0 Å². The highest BCUT2D eigenvalue weighted by atomic mass is 32.2. The van der Waals surface area contributed by atoms with Gasteiger partial charge in [0.2, 0.25) is 5.91 Å². The molecule has 0 saturated carbocycles. The van der Waals surface area contributed by atoms with Crippen LogP contribution in [0, 0.1) is 5.82 Å². The maximum atomic E-state index is 13.3. The SMILES string of the molecule is CCN(C(=O)C(Cc1ccco1)c1ccc(F)cc1)C1CCS(=O)(=O)C1. The average molecular weight is 379 g/mol. The molecule has 0 aliphatic carbocycles. The lowest BCUT2D eigenvalue weighted by molar-refractivity contribution is -0.134. The van der Waals surface area contributed by atoms with Crippen LogP contribution in [0.5, 0.6) is 0 Å². The molecule has 0 bridgehead atoms. The van der Waals surface area contributed by atoms with E-state index in [2.05, 4.69) is 0 Å². The third kappa shape index (κ3) is 4.15. The number of nitrogens with zero attached hydrogens (tertiary/aromatic N) is 1. The number of hydrogen-bond acceptors (Lipinski definition) is 4. The van der Waals surface area contributed by atoms with E-state index < -0.39 is 15.8 Å². The minimum Gasteiger partial charge on any atom is -0.469 e. The molecule has 1 aromatic carbocycles. The molecule has 1 amide bonds. The summed E-state index contributed by atoms with van der Waals surface area (Å²) in [5.41, 5.74) is 0.687. The summed E-state index contributed by atoms with van der Waals surface area (Å²) in [4.78, 5) is 14.9. The van der Waals surface area contributed by atoms with Gasteiger partial charge in [-0.1, -0.05) is 12.1 Å². The first kappa shape index (κ1) is 18.6. The smallest absolute Gasteiger partial charge is 0.230 e. The van der Waals surface area contributed by atoms with E-state index >= 15 is 0 Å². The van der Waals surface area contributed by atoms with Crippen molar-refractivity contribution < 1.29 is 22.0 Å². The number of carbonyl (C=O) groups excluding carboxylic acids is 1. The Morgan fingerprint density at radius 1 is 1.31 bits per heavy atom. The number of sulfone groups is 1. The topological polar surface area (TPSA) is 67.6 Å². The third-order valence-electron chi connectivity index (χ3n) is 4.83. The lowest BCUT2D eigenvalue weighted by Gasteiger charge is -2.31. The quantitative estimate of drug-likeness (QED) is 0.774. The summed E-state index contributed by atoms with van der Waals surface area (Å²) in [6, 6.07) is 9.09. The maximum Gasteiger partial charge on any atom is 0.230 e. The van der Waals surface area contributed by atoms with E-state index in [9.17, 15) is 17.6 Å². The maximum absolute atomic E-state index is 13.3. The standard InChI is InChI=1S/C19H22FNO4S/c1-2-21(16-9-11-26(23,24)13-16)19(22)18(12-17-4-3-10-25-17)14-5-7-15(20)8-6-14/h3-8,10,16,18H,2,9,11-13H2,1H3. The van der Waals surface area contributed by atoms with Crippen LogP contribution in [0.4, 0.5) is 4.39 Å². The Balaban J connectivity index is 1.89. The molecule has 2 aromatic rings. The number of benzene rings is 1. The first-order valence-electron chi connectivity index (χ1n) is 8.68. The van der Waals surface area contributed by atoms with Gasteiger partial charge in [0, 0.05) is 19.0 Å². The zero-order valence-electron chi connectivity index (χ0n) is 14.6. The third-order valence-corrected chi connectivity index (χ3v) is 6.58. The Kier molecular flexibility index (Phi) is 5.46. The number of furan rings is 1. The van der Waals surface area contributed by atoms with E-state index in [0.29, 0.717) is 30.7 Å². The van der Waals surface area contributed by atoms with Crippen molar-refractivity contribution in [3.8, 4) is 0 Å². The first-order valence-corrected chi connectivity index (χ1v) is 10.5. The lowest BCUT2D eigenvalue weighted by atomic mass is 9.92. The molecule has 2 heterocycles. The van der Waals surface area contributed by atoms with Crippen LogP contribution in [-0.2, 0) is 21.1 Å². The number of likely N-dealkylation sites (N-methyl/N-ethyl adjacent to an activating group) is 1. The number of amides is 1. The fourth-order valence-corrected chi connectivity index (χ4v) is 5.22. The molecule has 1 saturated heterocycles. The van der Waals surface area contributed by atoms with Gasteiger partial charge in [-0.15, -0.1) is 0 Å². The van der Waals surface area contributed by atoms with E-state index in [1.165, 1.54) is 12.1 Å². The van der Waals surface area contributed by atoms with Crippen molar-refractivity contribution in [3.05, 3.63) is 59.8 Å². The van der Waals surface area contributed by atoms with Crippen LogP contribution in [0.15, 0.2) is 47.1 Å². The largest absolute Gasteiger partial charge is 0.469 e. The summed E-state index contributed by atoms with van der Waals surface area (Å²) in [6.07, 6.45) is 2.34. The molecule has 7 heteroatoms. The Bertz CT molecular complexity index is 846. The molecule has 140 valence electrons. The molecular weight excluding hydrogens is 357 g/mol. The second kappa shape index (κ2) is 7.61. The van der Waals surface area contributed by atoms with Gasteiger partial charge in [-0.25, -0.2) is 12.8 Å². The van der Waals surface area contributed by atoms with Crippen LogP contribution in [0.25, 0.3) is 0 Å². The zero-order chi connectivity index (χ0) is 18.7. The zero-order valence-corrected chi connectivity index (χ0v) is 15.4. The summed E-state index contributed by atoms with van der Waals surface area (Å²) >= 11 is 0. The number of hydrogen-bond donors (Lipinski definition) is 0. The minimum atomic E-state index is -3.09. The number of rotatable bonds is 6. The molecule has 1 fully saturated rings. The fraction of sp³-hybridized carbons (Fsp3) is 0.421. The molecule has 1 aliphatic rings. The van der Waals surface area contributed by atoms with Crippen LogP contribution < -0.4 is 0 Å². The van der Waals surface area contributed by atoms with E-state index in [-0.39, 0.29) is 29.3 Å². The van der Waals surface area contributed by atoms with Gasteiger partial charge in [0.25, 0.3) is 0 Å². The Morgan fingerprint density at radius 3 is 2.58 bits per heavy atom. The summed E-state index contributed by atoms with van der Waals surface area (Å²) < 4.78 is 42.3. The molecule has 5 nitrogen and oxygen atoms in total. The van der Waals surface area contributed by atoms with Crippen LogP contribution >= 0.6 is 0 Å². The molecule has 3 rings (SSSR count). The van der Waals surface area contributed by atoms with Gasteiger partial charge in [0.15, 0.2) is 9.84 Å². The summed E-state index contributed by atoms with van der Waals surface area (Å²) in [5, 5.41) is 0. The Morgan fingerprint density at radius 2 is 2.04 bits per heavy atom. The summed E-state index contributed by atoms with van der Waals surface area (Å²) in [7, 11) is -3.09. The van der Waals surface area contributed by atoms with Gasteiger partial charge >= 0.3 is 0 Å². The van der Waals surface area contributed by atoms with Crippen molar-refractivity contribution in [1.82, 2.24) is 4.90 Å². The summed E-state index contributed by atoms with van der Waals surface area (Å²) in [5.74, 6) is -0.304. The van der Waals surface area contributed by atoms with Crippen LogP contribution in [0.2, 0.25) is 0 Å². The molecule has 0 radical (unpaired) electrons. The van der Waals surface area contributed by atoms with Gasteiger partial charge in [-0.05, 0) is 43.2 Å². The van der Waals surface area contributed by atoms with Crippen LogP contribution in [-0.4, -0.2) is 43.3 Å². The highest BCUT2D eigenvalue weighted by Crippen LogP contribution is 2.27. The van der Waals surface area contributed by atoms with E-state index in [4.69, 9.17) is 4.42 Å². The van der Waals surface area contributed by atoms with Gasteiger partial charge in [-0.2, -0.15) is 0 Å². The van der Waals surface area contributed by atoms with E-state index in [0.717, 1.165) is 0 Å². The number of halogens is 1. The predicted octanol–water partition coefficient (Wildman–Crippen LogP) is 2.78. The molecule has 26 heavy (non-hydrogen) atoms. The molecule has 0 N–H and O–H groups in total. The minimum absolute atomic E-state index is 0.00344. The molecule has 1 aliphatic heterocycles. The first-order chi connectivity index (χ1) is 12.4. The van der Waals surface area contributed by atoms with Crippen molar-refractivity contribution in [3.63, 3.8) is 0 Å².